The van der Waals surface area contributed by atoms with E-state index in [1.54, 1.807) is 13.8 Å². The first-order valence-electron chi connectivity index (χ1n) is 3.76. The number of amides is 1. The van der Waals surface area contributed by atoms with Crippen LogP contribution in [-0.4, -0.2) is 11.1 Å². The number of hydrogen-bond donors (Lipinski definition) is 0. The molecule has 0 saturated carbocycles. The molecule has 0 aromatic carbocycles. The Hall–Kier alpha value is -1.25. The molecule has 0 unspecified atom stereocenters. The van der Waals surface area contributed by atoms with Crippen LogP contribution in [0, 0.1) is 20.8 Å². The Bertz CT molecular complexity index is 400. The van der Waals surface area contributed by atoms with Crippen molar-refractivity contribution in [3.8, 4) is 0 Å². The topological polar surface area (TPSA) is 42.6 Å². The smallest absolute Gasteiger partial charge is 0.289 e. The molecule has 1 aromatic heterocycles. The maximum Gasteiger partial charge on any atom is 0.289 e. The molecule has 0 spiro atoms. The predicted molar refractivity (Wildman–Crippen MR) is 52.3 cm³/mol. The molecule has 0 bridgehead atoms. The maximum atomic E-state index is 11.3. The fourth-order valence-electron chi connectivity index (χ4n) is 1.21. The van der Waals surface area contributed by atoms with Gasteiger partial charge in [0, 0.05) is 5.56 Å². The summed E-state index contributed by atoms with van der Waals surface area (Å²) in [5.74, 6) is 0.927. The highest BCUT2D eigenvalue weighted by Gasteiger charge is 2.17. The van der Waals surface area contributed by atoms with Crippen molar-refractivity contribution in [3.63, 3.8) is 0 Å². The molecular formula is C9H9NO2S. The lowest BCUT2D eigenvalue weighted by atomic mass is 10.1. The quantitative estimate of drug-likeness (QED) is 0.510. The Morgan fingerprint density at radius 2 is 2.00 bits per heavy atom. The Kier molecular flexibility index (Phi) is 2.76. The largest absolute Gasteiger partial charge is 0.466 e. The minimum Gasteiger partial charge on any atom is -0.466 e. The third-order valence-corrected chi connectivity index (χ3v) is 2.01. The van der Waals surface area contributed by atoms with Crippen molar-refractivity contribution < 1.29 is 9.21 Å². The summed E-state index contributed by atoms with van der Waals surface area (Å²) in [5.41, 5.74) is 1.31. The molecular weight excluding hydrogens is 186 g/mol. The highest BCUT2D eigenvalue weighted by Crippen LogP contribution is 2.21. The first-order chi connectivity index (χ1) is 6.07. The van der Waals surface area contributed by atoms with Crippen molar-refractivity contribution in [1.82, 2.24) is 0 Å². The molecule has 0 atom stereocenters. The van der Waals surface area contributed by atoms with Crippen molar-refractivity contribution in [2.75, 3.05) is 0 Å². The van der Waals surface area contributed by atoms with E-state index in [0.29, 0.717) is 11.3 Å². The number of aliphatic imine (C=N–C) groups is 1. The predicted octanol–water partition coefficient (Wildman–Crippen LogP) is 2.45. The van der Waals surface area contributed by atoms with Crippen LogP contribution in [0.2, 0.25) is 0 Å². The lowest BCUT2D eigenvalue weighted by Gasteiger charge is -1.91. The summed E-state index contributed by atoms with van der Waals surface area (Å²) in [5, 5.41) is 2.05. The van der Waals surface area contributed by atoms with Gasteiger partial charge in [-0.1, -0.05) is 0 Å². The molecule has 1 aromatic rings. The van der Waals surface area contributed by atoms with E-state index in [0.717, 1.165) is 11.3 Å². The van der Waals surface area contributed by atoms with Gasteiger partial charge in [-0.05, 0) is 33.0 Å². The van der Waals surface area contributed by atoms with Crippen LogP contribution < -0.4 is 0 Å². The van der Waals surface area contributed by atoms with Crippen LogP contribution in [0.15, 0.2) is 9.41 Å². The number of isothiocyanates is 1. The number of nitrogens with zero attached hydrogens (tertiary/aromatic N) is 1. The van der Waals surface area contributed by atoms with Crippen LogP contribution in [0.5, 0.6) is 0 Å². The minimum absolute atomic E-state index is 0.387. The van der Waals surface area contributed by atoms with Gasteiger partial charge in [0.1, 0.15) is 11.5 Å². The van der Waals surface area contributed by atoms with Crippen LogP contribution in [-0.2, 0) is 0 Å². The van der Waals surface area contributed by atoms with E-state index in [1.165, 1.54) is 0 Å². The van der Waals surface area contributed by atoms with Crippen LogP contribution in [0.3, 0.4) is 0 Å². The Morgan fingerprint density at radius 3 is 2.38 bits per heavy atom. The zero-order chi connectivity index (χ0) is 10.0. The number of furan rings is 1. The van der Waals surface area contributed by atoms with Gasteiger partial charge in [0.2, 0.25) is 0 Å². The molecule has 0 radical (unpaired) electrons. The number of carbonyl (C=O) groups excluding carboxylic acids is 1. The van der Waals surface area contributed by atoms with Crippen molar-refractivity contribution in [1.29, 1.82) is 0 Å². The average molecular weight is 195 g/mol. The van der Waals surface area contributed by atoms with Gasteiger partial charge in [-0.2, -0.15) is 4.99 Å². The minimum atomic E-state index is -0.387. The molecule has 3 nitrogen and oxygen atoms in total. The molecule has 0 saturated heterocycles. The second-order valence-corrected chi connectivity index (χ2v) is 2.91. The Morgan fingerprint density at radius 1 is 1.38 bits per heavy atom. The van der Waals surface area contributed by atoms with Crippen molar-refractivity contribution in [3.05, 3.63) is 22.6 Å². The van der Waals surface area contributed by atoms with Gasteiger partial charge >= 0.3 is 0 Å². The van der Waals surface area contributed by atoms with Crippen LogP contribution in [0.4, 0.5) is 0 Å². The molecule has 0 aliphatic rings. The summed E-state index contributed by atoms with van der Waals surface area (Å²) in [6.07, 6.45) is 0. The van der Waals surface area contributed by atoms with Gasteiger partial charge < -0.3 is 4.42 Å². The highest BCUT2D eigenvalue weighted by molar-refractivity contribution is 7.78. The zero-order valence-corrected chi connectivity index (χ0v) is 8.49. The van der Waals surface area contributed by atoms with Crippen molar-refractivity contribution in [2.24, 2.45) is 4.99 Å². The van der Waals surface area contributed by atoms with Crippen molar-refractivity contribution >= 4 is 23.3 Å². The molecule has 13 heavy (non-hydrogen) atoms. The average Bonchev–Trinajstić information content (AvgIpc) is 2.27. The van der Waals surface area contributed by atoms with Gasteiger partial charge in [0.25, 0.3) is 5.91 Å². The van der Waals surface area contributed by atoms with E-state index in [-0.39, 0.29) is 5.91 Å². The number of hydrogen-bond acceptors (Lipinski definition) is 3. The van der Waals surface area contributed by atoms with Gasteiger partial charge in [0.15, 0.2) is 0 Å². The number of aryl methyl sites for hydroxylation is 2. The lowest BCUT2D eigenvalue weighted by Crippen LogP contribution is -1.96. The molecule has 1 amide bonds. The van der Waals surface area contributed by atoms with E-state index in [9.17, 15) is 4.79 Å². The lowest BCUT2D eigenvalue weighted by molar-refractivity contribution is 0.100. The van der Waals surface area contributed by atoms with Gasteiger partial charge in [0.05, 0.1) is 10.7 Å². The SMILES string of the molecule is Cc1oc(C)c(C(=O)N=C=S)c1C. The molecule has 0 N–H and O–H groups in total. The summed E-state index contributed by atoms with van der Waals surface area (Å²) in [7, 11) is 0. The van der Waals surface area contributed by atoms with E-state index in [4.69, 9.17) is 4.42 Å². The van der Waals surface area contributed by atoms with Crippen LogP contribution in [0.1, 0.15) is 27.4 Å². The third-order valence-electron chi connectivity index (χ3n) is 1.92. The summed E-state index contributed by atoms with van der Waals surface area (Å²) in [4.78, 5) is 14.7. The number of rotatable bonds is 1. The van der Waals surface area contributed by atoms with E-state index >= 15 is 0 Å². The summed E-state index contributed by atoms with van der Waals surface area (Å²) < 4.78 is 5.27. The molecule has 1 heterocycles. The Balaban J connectivity index is 3.28. The van der Waals surface area contributed by atoms with Crippen LogP contribution in [0.25, 0.3) is 0 Å². The Labute approximate surface area is 81.5 Å². The molecule has 1 rings (SSSR count). The van der Waals surface area contributed by atoms with Gasteiger partial charge in [-0.3, -0.25) is 4.79 Å². The summed E-state index contributed by atoms with van der Waals surface area (Å²) >= 11 is 4.35. The van der Waals surface area contributed by atoms with Gasteiger partial charge in [-0.25, -0.2) is 0 Å². The highest BCUT2D eigenvalue weighted by atomic mass is 32.1. The second kappa shape index (κ2) is 3.64. The first kappa shape index (κ1) is 9.84. The van der Waals surface area contributed by atoms with E-state index in [1.807, 2.05) is 12.1 Å². The number of carbonyl (C=O) groups is 1. The molecule has 4 heteroatoms. The fourth-order valence-corrected chi connectivity index (χ4v) is 1.29. The fraction of sp³-hybridized carbons (Fsp3) is 0.333. The molecule has 0 fully saturated rings. The standard InChI is InChI=1S/C9H9NO2S/c1-5-6(2)12-7(3)8(5)9(11)10-4-13/h1-3H3. The van der Waals surface area contributed by atoms with Crippen LogP contribution >= 0.6 is 12.2 Å². The molecule has 0 aliphatic carbocycles. The third kappa shape index (κ3) is 1.74. The summed E-state index contributed by atoms with van der Waals surface area (Å²) in [6.45, 7) is 5.35. The first-order valence-corrected chi connectivity index (χ1v) is 4.17. The van der Waals surface area contributed by atoms with Gasteiger partial charge in [-0.15, -0.1) is 0 Å². The second-order valence-electron chi connectivity index (χ2n) is 2.72. The normalized spacial score (nSPS) is 9.46. The molecule has 0 aliphatic heterocycles. The van der Waals surface area contributed by atoms with E-state index < -0.39 is 0 Å². The van der Waals surface area contributed by atoms with E-state index in [2.05, 4.69) is 17.2 Å². The van der Waals surface area contributed by atoms with Crippen molar-refractivity contribution in [2.45, 2.75) is 20.8 Å². The number of thiocarbonyl (C=S) groups is 1. The monoisotopic (exact) mass is 195 g/mol. The summed E-state index contributed by atoms with van der Waals surface area (Å²) in [6, 6.07) is 0. The maximum absolute atomic E-state index is 11.3. The zero-order valence-electron chi connectivity index (χ0n) is 7.67. The molecule has 68 valence electrons.